The smallest absolute Gasteiger partial charge is 0.258 e. The molecular formula is C12H10BrN3O. The molecule has 0 bridgehead atoms. The van der Waals surface area contributed by atoms with Crippen LogP contribution in [0.15, 0.2) is 47.1 Å². The summed E-state index contributed by atoms with van der Waals surface area (Å²) in [6.45, 7) is 0. The first-order valence-corrected chi connectivity index (χ1v) is 5.73. The molecule has 0 atom stereocenters. The SMILES string of the molecule is Nc1ccc(Br)cc1C(=O)Nc1ccccn1. The standard InChI is InChI=1S/C12H10BrN3O/c13-8-4-5-10(14)9(7-8)12(17)16-11-3-1-2-6-15-11/h1-7H,14H2,(H,15,16,17). The van der Waals surface area contributed by atoms with Gasteiger partial charge in [0.05, 0.1) is 5.56 Å². The predicted octanol–water partition coefficient (Wildman–Crippen LogP) is 2.68. The summed E-state index contributed by atoms with van der Waals surface area (Å²) in [7, 11) is 0. The van der Waals surface area contributed by atoms with Crippen LogP contribution in [0.25, 0.3) is 0 Å². The van der Waals surface area contributed by atoms with Crippen molar-refractivity contribution in [1.82, 2.24) is 4.98 Å². The summed E-state index contributed by atoms with van der Waals surface area (Å²) >= 11 is 3.30. The Morgan fingerprint density at radius 2 is 2.12 bits per heavy atom. The number of amides is 1. The highest BCUT2D eigenvalue weighted by Crippen LogP contribution is 2.19. The van der Waals surface area contributed by atoms with E-state index in [4.69, 9.17) is 5.73 Å². The average Bonchev–Trinajstić information content (AvgIpc) is 2.33. The molecule has 0 unspecified atom stereocenters. The number of rotatable bonds is 2. The van der Waals surface area contributed by atoms with Crippen molar-refractivity contribution in [3.05, 3.63) is 52.6 Å². The van der Waals surface area contributed by atoms with Crippen LogP contribution in [0.4, 0.5) is 11.5 Å². The van der Waals surface area contributed by atoms with Gasteiger partial charge < -0.3 is 11.1 Å². The Bertz CT molecular complexity index is 543. The zero-order valence-corrected chi connectivity index (χ0v) is 10.4. The third kappa shape index (κ3) is 2.82. The number of anilines is 2. The minimum atomic E-state index is -0.275. The number of hydrogen-bond acceptors (Lipinski definition) is 3. The lowest BCUT2D eigenvalue weighted by atomic mass is 10.1. The maximum Gasteiger partial charge on any atom is 0.258 e. The van der Waals surface area contributed by atoms with E-state index in [9.17, 15) is 4.79 Å². The third-order valence-electron chi connectivity index (χ3n) is 2.17. The topological polar surface area (TPSA) is 68.0 Å². The van der Waals surface area contributed by atoms with Gasteiger partial charge in [0.1, 0.15) is 5.82 Å². The van der Waals surface area contributed by atoms with Gasteiger partial charge in [0.15, 0.2) is 0 Å². The number of carbonyl (C=O) groups is 1. The van der Waals surface area contributed by atoms with E-state index in [1.165, 1.54) is 0 Å². The quantitative estimate of drug-likeness (QED) is 0.836. The van der Waals surface area contributed by atoms with Crippen LogP contribution in [0.1, 0.15) is 10.4 Å². The molecule has 0 spiro atoms. The zero-order valence-electron chi connectivity index (χ0n) is 8.85. The predicted molar refractivity (Wildman–Crippen MR) is 70.7 cm³/mol. The molecule has 3 N–H and O–H groups in total. The van der Waals surface area contributed by atoms with Crippen molar-refractivity contribution >= 4 is 33.3 Å². The molecule has 1 aromatic carbocycles. The summed E-state index contributed by atoms with van der Waals surface area (Å²) in [5.41, 5.74) is 6.60. The molecule has 1 aromatic heterocycles. The van der Waals surface area contributed by atoms with Crippen LogP contribution in [-0.4, -0.2) is 10.9 Å². The molecule has 1 heterocycles. The summed E-state index contributed by atoms with van der Waals surface area (Å²) in [6.07, 6.45) is 1.61. The first-order valence-electron chi connectivity index (χ1n) is 4.94. The highest BCUT2D eigenvalue weighted by atomic mass is 79.9. The Morgan fingerprint density at radius 1 is 1.29 bits per heavy atom. The fourth-order valence-electron chi connectivity index (χ4n) is 1.35. The van der Waals surface area contributed by atoms with Gasteiger partial charge in [-0.15, -0.1) is 0 Å². The summed E-state index contributed by atoms with van der Waals surface area (Å²) in [4.78, 5) is 15.9. The van der Waals surface area contributed by atoms with Crippen molar-refractivity contribution in [2.75, 3.05) is 11.1 Å². The monoisotopic (exact) mass is 291 g/mol. The van der Waals surface area contributed by atoms with E-state index in [0.29, 0.717) is 17.1 Å². The molecule has 0 saturated carbocycles. The van der Waals surface area contributed by atoms with E-state index in [-0.39, 0.29) is 5.91 Å². The van der Waals surface area contributed by atoms with Crippen molar-refractivity contribution in [3.8, 4) is 0 Å². The Morgan fingerprint density at radius 3 is 2.82 bits per heavy atom. The molecule has 4 nitrogen and oxygen atoms in total. The lowest BCUT2D eigenvalue weighted by Crippen LogP contribution is -2.14. The number of carbonyl (C=O) groups excluding carboxylic acids is 1. The number of aromatic nitrogens is 1. The second kappa shape index (κ2) is 4.97. The number of nitrogens with two attached hydrogens (primary N) is 1. The second-order valence-corrected chi connectivity index (χ2v) is 4.32. The number of benzene rings is 1. The Kier molecular flexibility index (Phi) is 3.39. The minimum Gasteiger partial charge on any atom is -0.398 e. The molecule has 0 aliphatic rings. The van der Waals surface area contributed by atoms with E-state index >= 15 is 0 Å². The maximum atomic E-state index is 11.9. The molecule has 0 aliphatic heterocycles. The van der Waals surface area contributed by atoms with Gasteiger partial charge in [0.25, 0.3) is 5.91 Å². The molecule has 17 heavy (non-hydrogen) atoms. The molecule has 2 aromatic rings. The van der Waals surface area contributed by atoms with Crippen molar-refractivity contribution < 1.29 is 4.79 Å². The van der Waals surface area contributed by atoms with Crippen molar-refractivity contribution in [2.24, 2.45) is 0 Å². The number of nitrogen functional groups attached to an aromatic ring is 1. The van der Waals surface area contributed by atoms with Gasteiger partial charge in [-0.3, -0.25) is 4.79 Å². The van der Waals surface area contributed by atoms with Crippen molar-refractivity contribution in [1.29, 1.82) is 0 Å². The third-order valence-corrected chi connectivity index (χ3v) is 2.66. The van der Waals surface area contributed by atoms with E-state index in [0.717, 1.165) is 4.47 Å². The number of nitrogens with one attached hydrogen (secondary N) is 1. The fraction of sp³-hybridized carbons (Fsp3) is 0. The molecule has 0 saturated heterocycles. The average molecular weight is 292 g/mol. The van der Waals surface area contributed by atoms with Crippen LogP contribution < -0.4 is 11.1 Å². The van der Waals surface area contributed by atoms with Crippen LogP contribution in [0, 0.1) is 0 Å². The van der Waals surface area contributed by atoms with Gasteiger partial charge in [0.2, 0.25) is 0 Å². The second-order valence-electron chi connectivity index (χ2n) is 3.40. The molecule has 0 fully saturated rings. The molecule has 0 radical (unpaired) electrons. The van der Waals surface area contributed by atoms with Crippen LogP contribution >= 0.6 is 15.9 Å². The van der Waals surface area contributed by atoms with Gasteiger partial charge >= 0.3 is 0 Å². The van der Waals surface area contributed by atoms with Gasteiger partial charge in [-0.1, -0.05) is 22.0 Å². The molecular weight excluding hydrogens is 282 g/mol. The molecule has 86 valence electrons. The lowest BCUT2D eigenvalue weighted by molar-refractivity contribution is 0.102. The molecule has 5 heteroatoms. The number of pyridine rings is 1. The fourth-order valence-corrected chi connectivity index (χ4v) is 1.71. The molecule has 2 rings (SSSR count). The van der Waals surface area contributed by atoms with Crippen molar-refractivity contribution in [3.63, 3.8) is 0 Å². The number of hydrogen-bond donors (Lipinski definition) is 2. The van der Waals surface area contributed by atoms with E-state index < -0.39 is 0 Å². The first kappa shape index (κ1) is 11.6. The van der Waals surface area contributed by atoms with Gasteiger partial charge in [0, 0.05) is 16.4 Å². The minimum absolute atomic E-state index is 0.275. The van der Waals surface area contributed by atoms with E-state index in [1.807, 2.05) is 0 Å². The van der Waals surface area contributed by atoms with Crippen LogP contribution in [-0.2, 0) is 0 Å². The Hall–Kier alpha value is -1.88. The number of nitrogens with zero attached hydrogens (tertiary/aromatic N) is 1. The summed E-state index contributed by atoms with van der Waals surface area (Å²) in [5.74, 6) is 0.222. The summed E-state index contributed by atoms with van der Waals surface area (Å²) in [6, 6.07) is 10.4. The van der Waals surface area contributed by atoms with E-state index in [2.05, 4.69) is 26.2 Å². The Labute approximate surface area is 107 Å². The largest absolute Gasteiger partial charge is 0.398 e. The first-order chi connectivity index (χ1) is 8.16. The highest BCUT2D eigenvalue weighted by molar-refractivity contribution is 9.10. The van der Waals surface area contributed by atoms with E-state index in [1.54, 1.807) is 42.6 Å². The van der Waals surface area contributed by atoms with Gasteiger partial charge in [-0.2, -0.15) is 0 Å². The summed E-state index contributed by atoms with van der Waals surface area (Å²) < 4.78 is 0.804. The zero-order chi connectivity index (χ0) is 12.3. The Balaban J connectivity index is 2.23. The number of halogens is 1. The van der Waals surface area contributed by atoms with Crippen LogP contribution in [0.3, 0.4) is 0 Å². The normalized spacial score (nSPS) is 9.94. The van der Waals surface area contributed by atoms with Crippen molar-refractivity contribution in [2.45, 2.75) is 0 Å². The van der Waals surface area contributed by atoms with Crippen LogP contribution in [0.5, 0.6) is 0 Å². The van der Waals surface area contributed by atoms with Gasteiger partial charge in [-0.25, -0.2) is 4.98 Å². The molecule has 0 aliphatic carbocycles. The summed E-state index contributed by atoms with van der Waals surface area (Å²) in [5, 5.41) is 2.68. The lowest BCUT2D eigenvalue weighted by Gasteiger charge is -2.07. The van der Waals surface area contributed by atoms with Crippen LogP contribution in [0.2, 0.25) is 0 Å². The van der Waals surface area contributed by atoms with Gasteiger partial charge in [-0.05, 0) is 30.3 Å². The highest BCUT2D eigenvalue weighted by Gasteiger charge is 2.10. The maximum absolute atomic E-state index is 11.9. The molecule has 1 amide bonds.